The molecular weight excluding hydrogens is 416 g/mol. The zero-order valence-electron chi connectivity index (χ0n) is 20.7. The monoisotopic (exact) mass is 452 g/mol. The maximum Gasteiger partial charge on any atom is 0.122 e. The second kappa shape index (κ2) is 11.2. The Morgan fingerprint density at radius 2 is 1.68 bits per heavy atom. The molecule has 3 nitrogen and oxygen atoms in total. The molecule has 4 aromatic rings. The van der Waals surface area contributed by atoms with Crippen LogP contribution in [0.1, 0.15) is 55.6 Å². The molecule has 1 heterocycles. The maximum absolute atomic E-state index is 6.15. The van der Waals surface area contributed by atoms with Gasteiger partial charge in [0.1, 0.15) is 11.6 Å². The van der Waals surface area contributed by atoms with Crippen molar-refractivity contribution < 1.29 is 4.74 Å². The van der Waals surface area contributed by atoms with Gasteiger partial charge >= 0.3 is 0 Å². The Kier molecular flexibility index (Phi) is 7.84. The number of allylic oxidation sites excluding steroid dienone is 1. The van der Waals surface area contributed by atoms with E-state index in [4.69, 9.17) is 9.72 Å². The first kappa shape index (κ1) is 23.8. The van der Waals surface area contributed by atoms with E-state index in [2.05, 4.69) is 86.5 Å². The van der Waals surface area contributed by atoms with Gasteiger partial charge in [0.2, 0.25) is 0 Å². The van der Waals surface area contributed by atoms with Gasteiger partial charge in [0.25, 0.3) is 0 Å². The molecular formula is C31H36N2O. The number of ether oxygens (including phenoxy) is 1. The molecule has 0 aliphatic carbocycles. The largest absolute Gasteiger partial charge is 0.493 e. The Hall–Kier alpha value is -3.33. The van der Waals surface area contributed by atoms with Gasteiger partial charge in [-0.1, -0.05) is 81.4 Å². The minimum absolute atomic E-state index is 0.217. The first-order valence-electron chi connectivity index (χ1n) is 12.4. The molecule has 0 aliphatic heterocycles. The number of imidazole rings is 1. The summed E-state index contributed by atoms with van der Waals surface area (Å²) in [7, 11) is 0. The van der Waals surface area contributed by atoms with E-state index in [1.165, 1.54) is 22.2 Å². The Morgan fingerprint density at radius 3 is 2.44 bits per heavy atom. The van der Waals surface area contributed by atoms with Crippen LogP contribution in [0.25, 0.3) is 11.0 Å². The van der Waals surface area contributed by atoms with Crippen molar-refractivity contribution in [2.24, 2.45) is 5.92 Å². The Labute approximate surface area is 204 Å². The molecule has 0 saturated carbocycles. The van der Waals surface area contributed by atoms with Crippen molar-refractivity contribution in [2.75, 3.05) is 6.61 Å². The fourth-order valence-corrected chi connectivity index (χ4v) is 4.60. The maximum atomic E-state index is 6.15. The number of nitrogens with zero attached hydrogens (tertiary/aromatic N) is 2. The van der Waals surface area contributed by atoms with Gasteiger partial charge in [-0.25, -0.2) is 4.98 Å². The third kappa shape index (κ3) is 5.59. The van der Waals surface area contributed by atoms with Crippen LogP contribution in [0.3, 0.4) is 0 Å². The minimum Gasteiger partial charge on any atom is -0.493 e. The van der Waals surface area contributed by atoms with E-state index in [0.29, 0.717) is 12.5 Å². The van der Waals surface area contributed by atoms with Crippen LogP contribution in [-0.4, -0.2) is 16.2 Å². The van der Waals surface area contributed by atoms with Crippen molar-refractivity contribution >= 4 is 11.0 Å². The molecule has 0 bridgehead atoms. The average Bonchev–Trinajstić information content (AvgIpc) is 3.21. The zero-order valence-corrected chi connectivity index (χ0v) is 20.7. The number of hydrogen-bond donors (Lipinski definition) is 0. The first-order chi connectivity index (χ1) is 16.6. The second-order valence-corrected chi connectivity index (χ2v) is 9.47. The molecule has 176 valence electrons. The summed E-state index contributed by atoms with van der Waals surface area (Å²) in [4.78, 5) is 5.05. The molecule has 3 aromatic carbocycles. The van der Waals surface area contributed by atoms with Gasteiger partial charge in [-0.3, -0.25) is 0 Å². The quantitative estimate of drug-likeness (QED) is 0.173. The number of fused-ring (bicyclic) bond motifs is 1. The first-order valence-corrected chi connectivity index (χ1v) is 12.4. The lowest BCUT2D eigenvalue weighted by atomic mass is 9.96. The Bertz CT molecular complexity index is 1220. The normalized spacial score (nSPS) is 12.2. The molecule has 0 saturated heterocycles. The van der Waals surface area contributed by atoms with E-state index in [1.807, 2.05) is 24.3 Å². The number of rotatable bonds is 11. The summed E-state index contributed by atoms with van der Waals surface area (Å²) in [5.41, 5.74) is 6.12. The van der Waals surface area contributed by atoms with Crippen LogP contribution in [0.15, 0.2) is 85.5 Å². The molecule has 1 atom stereocenters. The van der Waals surface area contributed by atoms with E-state index in [1.54, 1.807) is 0 Å². The summed E-state index contributed by atoms with van der Waals surface area (Å²) < 4.78 is 8.52. The summed E-state index contributed by atoms with van der Waals surface area (Å²) in [5, 5.41) is 0. The van der Waals surface area contributed by atoms with Crippen molar-refractivity contribution in [1.82, 2.24) is 9.55 Å². The summed E-state index contributed by atoms with van der Waals surface area (Å²) in [5.74, 6) is 2.95. The standard InChI is InChI=1S/C31H36N2O/c1-5-11-27-12-6-9-15-30(27)34-21-10-20-33-29-14-8-7-13-28(29)32-31(33)24(4)26-18-16-25(17-19-26)22-23(2)3/h5-9,12-19,23-24H,1,10-11,20-22H2,2-4H3. The van der Waals surface area contributed by atoms with Gasteiger partial charge in [0.05, 0.1) is 17.6 Å². The molecule has 0 N–H and O–H groups in total. The highest BCUT2D eigenvalue weighted by molar-refractivity contribution is 5.76. The van der Waals surface area contributed by atoms with Crippen LogP contribution in [0.4, 0.5) is 0 Å². The van der Waals surface area contributed by atoms with E-state index < -0.39 is 0 Å². The van der Waals surface area contributed by atoms with Crippen molar-refractivity contribution in [3.8, 4) is 5.75 Å². The molecule has 4 rings (SSSR count). The molecule has 0 amide bonds. The topological polar surface area (TPSA) is 27.1 Å². The summed E-state index contributed by atoms with van der Waals surface area (Å²) in [6.45, 7) is 12.2. The van der Waals surface area contributed by atoms with Crippen molar-refractivity contribution in [3.05, 3.63) is 108 Å². The molecule has 0 spiro atoms. The SMILES string of the molecule is C=CCc1ccccc1OCCCn1c(C(C)c2ccc(CC(C)C)cc2)nc2ccccc21. The molecule has 0 aliphatic rings. The minimum atomic E-state index is 0.217. The van der Waals surface area contributed by atoms with Crippen LogP contribution in [-0.2, 0) is 19.4 Å². The molecule has 3 heteroatoms. The van der Waals surface area contributed by atoms with Gasteiger partial charge in [0.15, 0.2) is 0 Å². The number of aromatic nitrogens is 2. The third-order valence-electron chi connectivity index (χ3n) is 6.32. The zero-order chi connectivity index (χ0) is 23.9. The van der Waals surface area contributed by atoms with E-state index in [9.17, 15) is 0 Å². The van der Waals surface area contributed by atoms with E-state index in [0.717, 1.165) is 42.9 Å². The number of aryl methyl sites for hydroxylation is 1. The van der Waals surface area contributed by atoms with E-state index >= 15 is 0 Å². The number of para-hydroxylation sites is 3. The van der Waals surface area contributed by atoms with Gasteiger partial charge in [-0.2, -0.15) is 0 Å². The molecule has 34 heavy (non-hydrogen) atoms. The lowest BCUT2D eigenvalue weighted by Gasteiger charge is -2.17. The van der Waals surface area contributed by atoms with Gasteiger partial charge in [-0.05, 0) is 60.1 Å². The highest BCUT2D eigenvalue weighted by Crippen LogP contribution is 2.28. The highest BCUT2D eigenvalue weighted by atomic mass is 16.5. The van der Waals surface area contributed by atoms with Crippen LogP contribution in [0.5, 0.6) is 5.75 Å². The number of hydrogen-bond acceptors (Lipinski definition) is 2. The number of benzene rings is 3. The fraction of sp³-hybridized carbons (Fsp3) is 0.323. The third-order valence-corrected chi connectivity index (χ3v) is 6.32. The Morgan fingerprint density at radius 1 is 0.941 bits per heavy atom. The van der Waals surface area contributed by atoms with Crippen LogP contribution < -0.4 is 4.74 Å². The molecule has 1 aromatic heterocycles. The van der Waals surface area contributed by atoms with Gasteiger partial charge in [-0.15, -0.1) is 6.58 Å². The predicted molar refractivity (Wildman–Crippen MR) is 143 cm³/mol. The van der Waals surface area contributed by atoms with Crippen molar-refractivity contribution in [1.29, 1.82) is 0 Å². The van der Waals surface area contributed by atoms with Crippen LogP contribution >= 0.6 is 0 Å². The summed E-state index contributed by atoms with van der Waals surface area (Å²) >= 11 is 0. The van der Waals surface area contributed by atoms with Crippen LogP contribution in [0.2, 0.25) is 0 Å². The van der Waals surface area contributed by atoms with Crippen LogP contribution in [0, 0.1) is 5.92 Å². The second-order valence-electron chi connectivity index (χ2n) is 9.47. The van der Waals surface area contributed by atoms with E-state index in [-0.39, 0.29) is 5.92 Å². The summed E-state index contributed by atoms with van der Waals surface area (Å²) in [6, 6.07) is 25.7. The highest BCUT2D eigenvalue weighted by Gasteiger charge is 2.18. The Balaban J connectivity index is 1.51. The lowest BCUT2D eigenvalue weighted by molar-refractivity contribution is 0.299. The molecule has 1 unspecified atom stereocenters. The summed E-state index contributed by atoms with van der Waals surface area (Å²) in [6.07, 6.45) is 4.77. The average molecular weight is 453 g/mol. The lowest BCUT2D eigenvalue weighted by Crippen LogP contribution is -2.11. The predicted octanol–water partition coefficient (Wildman–Crippen LogP) is 7.58. The van der Waals surface area contributed by atoms with Gasteiger partial charge < -0.3 is 9.30 Å². The molecule has 0 fully saturated rings. The fourth-order valence-electron chi connectivity index (χ4n) is 4.60. The molecule has 0 radical (unpaired) electrons. The van der Waals surface area contributed by atoms with Crippen molar-refractivity contribution in [2.45, 2.75) is 52.5 Å². The van der Waals surface area contributed by atoms with Crippen molar-refractivity contribution in [3.63, 3.8) is 0 Å². The van der Waals surface area contributed by atoms with Gasteiger partial charge in [0, 0.05) is 12.5 Å². The smallest absolute Gasteiger partial charge is 0.122 e.